The van der Waals surface area contributed by atoms with Gasteiger partial charge in [-0.25, -0.2) is 4.79 Å². The molecule has 0 aliphatic carbocycles. The van der Waals surface area contributed by atoms with Crippen molar-refractivity contribution in [3.63, 3.8) is 0 Å². The maximum absolute atomic E-state index is 12.3. The van der Waals surface area contributed by atoms with Crippen molar-refractivity contribution in [2.24, 2.45) is 0 Å². The molecule has 0 aliphatic rings. The molecule has 0 spiro atoms. The highest BCUT2D eigenvalue weighted by Gasteiger charge is 2.12. The van der Waals surface area contributed by atoms with Crippen molar-refractivity contribution >= 4 is 17.6 Å². The van der Waals surface area contributed by atoms with Crippen molar-refractivity contribution in [1.29, 1.82) is 5.26 Å². The second-order valence-corrected chi connectivity index (χ2v) is 5.44. The second-order valence-electron chi connectivity index (χ2n) is 5.44. The van der Waals surface area contributed by atoms with Crippen LogP contribution in [0, 0.1) is 11.3 Å². The molecule has 0 saturated carbocycles. The molecule has 1 amide bonds. The summed E-state index contributed by atoms with van der Waals surface area (Å²) in [5.74, 6) is -0.878. The lowest BCUT2D eigenvalue weighted by atomic mass is 10.2. The van der Waals surface area contributed by atoms with Gasteiger partial charge in [0.2, 0.25) is 0 Å². The van der Waals surface area contributed by atoms with E-state index in [0.29, 0.717) is 17.9 Å². The van der Waals surface area contributed by atoms with Crippen molar-refractivity contribution in [1.82, 2.24) is 4.90 Å². The summed E-state index contributed by atoms with van der Waals surface area (Å²) in [7, 11) is 0. The van der Waals surface area contributed by atoms with Gasteiger partial charge in [-0.15, -0.1) is 0 Å². The van der Waals surface area contributed by atoms with Crippen LogP contribution in [0.1, 0.15) is 44.0 Å². The number of hydrogen-bond acceptors (Lipinski definition) is 5. The van der Waals surface area contributed by atoms with E-state index in [9.17, 15) is 14.9 Å². The van der Waals surface area contributed by atoms with Gasteiger partial charge in [-0.3, -0.25) is 4.79 Å². The van der Waals surface area contributed by atoms with E-state index < -0.39 is 11.9 Å². The van der Waals surface area contributed by atoms with E-state index in [-0.39, 0.29) is 5.57 Å². The summed E-state index contributed by atoms with van der Waals surface area (Å²) in [6.07, 6.45) is 3.48. The second kappa shape index (κ2) is 10.9. The Morgan fingerprint density at radius 3 is 2.24 bits per heavy atom. The number of carbonyl (C=O) groups is 2. The zero-order valence-electron chi connectivity index (χ0n) is 15.0. The first-order valence-electron chi connectivity index (χ1n) is 8.50. The van der Waals surface area contributed by atoms with Gasteiger partial charge < -0.3 is 15.0 Å². The molecular weight excluding hydrogens is 318 g/mol. The van der Waals surface area contributed by atoms with Gasteiger partial charge in [0, 0.05) is 25.0 Å². The Kier molecular flexibility index (Phi) is 8.80. The molecule has 6 nitrogen and oxygen atoms in total. The topological polar surface area (TPSA) is 82.4 Å². The monoisotopic (exact) mass is 343 g/mol. The largest absolute Gasteiger partial charge is 0.462 e. The zero-order chi connectivity index (χ0) is 18.7. The molecule has 0 atom stereocenters. The van der Waals surface area contributed by atoms with Gasteiger partial charge in [0.05, 0.1) is 12.2 Å². The summed E-state index contributed by atoms with van der Waals surface area (Å²) in [4.78, 5) is 25.9. The molecular formula is C19H25N3O3. The number of nitrogens with one attached hydrogen (secondary N) is 1. The summed E-state index contributed by atoms with van der Waals surface area (Å²) < 4.78 is 4.91. The quantitative estimate of drug-likeness (QED) is 0.422. The van der Waals surface area contributed by atoms with E-state index in [1.165, 1.54) is 0 Å². The molecule has 0 unspecified atom stereocenters. The SMILES string of the molecule is CCCN(/C=C(/C#N)C(=O)Nc1ccc(C(=O)OCC)cc1)CCC. The molecule has 0 aliphatic heterocycles. The van der Waals surface area contributed by atoms with Crippen molar-refractivity contribution in [3.05, 3.63) is 41.6 Å². The highest BCUT2D eigenvalue weighted by atomic mass is 16.5. The van der Waals surface area contributed by atoms with E-state index in [1.807, 2.05) is 24.8 Å². The fourth-order valence-corrected chi connectivity index (χ4v) is 2.24. The number of nitriles is 1. The minimum Gasteiger partial charge on any atom is -0.462 e. The number of ether oxygens (including phenoxy) is 1. The highest BCUT2D eigenvalue weighted by Crippen LogP contribution is 2.12. The van der Waals surface area contributed by atoms with Crippen LogP contribution < -0.4 is 5.32 Å². The van der Waals surface area contributed by atoms with E-state index in [2.05, 4.69) is 5.32 Å². The first-order chi connectivity index (χ1) is 12.0. The van der Waals surface area contributed by atoms with E-state index in [1.54, 1.807) is 37.4 Å². The maximum Gasteiger partial charge on any atom is 0.338 e. The summed E-state index contributed by atoms with van der Waals surface area (Å²) in [5, 5.41) is 11.9. The first kappa shape index (κ1) is 20.2. The number of hydrogen-bond donors (Lipinski definition) is 1. The molecule has 1 rings (SSSR count). The van der Waals surface area contributed by atoms with Gasteiger partial charge in [0.25, 0.3) is 5.91 Å². The fraction of sp³-hybridized carbons (Fsp3) is 0.421. The van der Waals surface area contributed by atoms with Gasteiger partial charge in [-0.05, 0) is 44.0 Å². The van der Waals surface area contributed by atoms with Crippen LogP contribution in [0.3, 0.4) is 0 Å². The number of benzene rings is 1. The van der Waals surface area contributed by atoms with Crippen molar-refractivity contribution in [2.45, 2.75) is 33.6 Å². The van der Waals surface area contributed by atoms with Crippen LogP contribution in [0.4, 0.5) is 5.69 Å². The van der Waals surface area contributed by atoms with Gasteiger partial charge in [0.15, 0.2) is 0 Å². The van der Waals surface area contributed by atoms with Crippen LogP contribution in [0.2, 0.25) is 0 Å². The predicted octanol–water partition coefficient (Wildman–Crippen LogP) is 3.33. The Bertz CT molecular complexity index is 639. The van der Waals surface area contributed by atoms with Crippen LogP contribution in [-0.2, 0) is 9.53 Å². The molecule has 6 heteroatoms. The molecule has 1 aromatic carbocycles. The summed E-state index contributed by atoms with van der Waals surface area (Å²) in [5.41, 5.74) is 0.973. The molecule has 134 valence electrons. The Morgan fingerprint density at radius 2 is 1.76 bits per heavy atom. The zero-order valence-corrected chi connectivity index (χ0v) is 15.0. The Labute approximate surface area is 149 Å². The van der Waals surface area contributed by atoms with Crippen LogP contribution in [0.25, 0.3) is 0 Å². The van der Waals surface area contributed by atoms with Gasteiger partial charge in [-0.2, -0.15) is 5.26 Å². The van der Waals surface area contributed by atoms with E-state index in [4.69, 9.17) is 4.74 Å². The smallest absolute Gasteiger partial charge is 0.338 e. The Hall–Kier alpha value is -2.81. The Balaban J connectivity index is 2.81. The molecule has 1 N–H and O–H groups in total. The van der Waals surface area contributed by atoms with E-state index in [0.717, 1.165) is 25.9 Å². The van der Waals surface area contributed by atoms with Crippen LogP contribution >= 0.6 is 0 Å². The van der Waals surface area contributed by atoms with Crippen LogP contribution in [0.15, 0.2) is 36.0 Å². The fourth-order valence-electron chi connectivity index (χ4n) is 2.24. The normalized spacial score (nSPS) is 10.7. The first-order valence-corrected chi connectivity index (χ1v) is 8.50. The maximum atomic E-state index is 12.3. The van der Waals surface area contributed by atoms with Crippen LogP contribution in [0.5, 0.6) is 0 Å². The van der Waals surface area contributed by atoms with Gasteiger partial charge >= 0.3 is 5.97 Å². The minimum absolute atomic E-state index is 0.0522. The third-order valence-corrected chi connectivity index (χ3v) is 3.35. The molecule has 0 heterocycles. The van der Waals surface area contributed by atoms with Gasteiger partial charge in [0.1, 0.15) is 11.6 Å². The lowest BCUT2D eigenvalue weighted by Gasteiger charge is -2.19. The molecule has 0 saturated heterocycles. The standard InChI is InChI=1S/C19H25N3O3/c1-4-11-22(12-5-2)14-16(13-20)18(23)21-17-9-7-15(8-10-17)19(24)25-6-3/h7-10,14H,4-6,11-12H2,1-3H3,(H,21,23)/b16-14-. The minimum atomic E-state index is -0.469. The molecule has 0 fully saturated rings. The number of rotatable bonds is 9. The number of nitrogens with zero attached hydrogens (tertiary/aromatic N) is 2. The lowest BCUT2D eigenvalue weighted by molar-refractivity contribution is -0.112. The Morgan fingerprint density at radius 1 is 1.16 bits per heavy atom. The molecule has 25 heavy (non-hydrogen) atoms. The van der Waals surface area contributed by atoms with Crippen LogP contribution in [-0.4, -0.2) is 36.5 Å². The van der Waals surface area contributed by atoms with E-state index >= 15 is 0 Å². The van der Waals surface area contributed by atoms with Gasteiger partial charge in [-0.1, -0.05) is 13.8 Å². The lowest BCUT2D eigenvalue weighted by Crippen LogP contribution is -2.22. The highest BCUT2D eigenvalue weighted by molar-refractivity contribution is 6.06. The molecule has 0 aromatic heterocycles. The number of amides is 1. The summed E-state index contributed by atoms with van der Waals surface area (Å²) in [6.45, 7) is 7.73. The average molecular weight is 343 g/mol. The average Bonchev–Trinajstić information content (AvgIpc) is 2.60. The number of esters is 1. The molecule has 0 bridgehead atoms. The van der Waals surface area contributed by atoms with Crippen molar-refractivity contribution in [3.8, 4) is 6.07 Å². The van der Waals surface area contributed by atoms with Crippen molar-refractivity contribution in [2.75, 3.05) is 25.0 Å². The third kappa shape index (κ3) is 6.68. The predicted molar refractivity (Wildman–Crippen MR) is 96.9 cm³/mol. The summed E-state index contributed by atoms with van der Waals surface area (Å²) in [6, 6.07) is 8.31. The summed E-state index contributed by atoms with van der Waals surface area (Å²) >= 11 is 0. The number of carbonyl (C=O) groups excluding carboxylic acids is 2. The molecule has 0 radical (unpaired) electrons. The number of anilines is 1. The van der Waals surface area contributed by atoms with Crippen molar-refractivity contribution < 1.29 is 14.3 Å². The third-order valence-electron chi connectivity index (χ3n) is 3.35. The molecule has 1 aromatic rings.